The van der Waals surface area contributed by atoms with Crippen molar-refractivity contribution < 1.29 is 5.11 Å². The fraction of sp³-hybridized carbons (Fsp3) is 0.0909. The molecule has 0 amide bonds. The fourth-order valence-electron chi connectivity index (χ4n) is 1.28. The summed E-state index contributed by atoms with van der Waals surface area (Å²) in [6.07, 6.45) is 1.66. The van der Waals surface area contributed by atoms with Crippen LogP contribution in [0.5, 0.6) is 5.75 Å². The van der Waals surface area contributed by atoms with Crippen LogP contribution in [-0.2, 0) is 0 Å². The summed E-state index contributed by atoms with van der Waals surface area (Å²) in [7, 11) is 1.76. The van der Waals surface area contributed by atoms with Crippen molar-refractivity contribution in [3.63, 3.8) is 0 Å². The van der Waals surface area contributed by atoms with Crippen molar-refractivity contribution >= 4 is 17.5 Å². The van der Waals surface area contributed by atoms with Crippen molar-refractivity contribution in [1.29, 1.82) is 0 Å². The van der Waals surface area contributed by atoms with Gasteiger partial charge in [0.25, 0.3) is 0 Å². The van der Waals surface area contributed by atoms with Crippen LogP contribution in [0.2, 0.25) is 0 Å². The molecular weight excluding hydrogens is 204 g/mol. The van der Waals surface area contributed by atoms with Gasteiger partial charge >= 0.3 is 0 Å². The van der Waals surface area contributed by atoms with Crippen LogP contribution in [0.25, 0.3) is 0 Å². The summed E-state index contributed by atoms with van der Waals surface area (Å²) in [5.41, 5.74) is 0.778. The molecule has 0 aliphatic heterocycles. The van der Waals surface area contributed by atoms with E-state index in [9.17, 15) is 5.11 Å². The second kappa shape index (κ2) is 4.48. The first-order chi connectivity index (χ1) is 7.78. The minimum Gasteiger partial charge on any atom is -0.508 e. The summed E-state index contributed by atoms with van der Waals surface area (Å²) in [6.45, 7) is 0. The minimum absolute atomic E-state index is 0.216. The molecule has 0 fully saturated rings. The van der Waals surface area contributed by atoms with Gasteiger partial charge in [0.2, 0.25) is 5.95 Å². The highest BCUT2D eigenvalue weighted by molar-refractivity contribution is 5.58. The van der Waals surface area contributed by atoms with Crippen molar-refractivity contribution in [2.24, 2.45) is 0 Å². The third-order valence-electron chi connectivity index (χ3n) is 2.00. The number of rotatable bonds is 3. The number of anilines is 3. The van der Waals surface area contributed by atoms with Gasteiger partial charge in [-0.25, -0.2) is 4.98 Å². The van der Waals surface area contributed by atoms with E-state index in [1.54, 1.807) is 37.5 Å². The molecule has 0 atom stereocenters. The van der Waals surface area contributed by atoms with Gasteiger partial charge in [-0.2, -0.15) is 4.98 Å². The average molecular weight is 216 g/mol. The number of hydrogen-bond donors (Lipinski definition) is 3. The number of aromatic hydroxyl groups is 1. The molecule has 0 unspecified atom stereocenters. The second-order valence-corrected chi connectivity index (χ2v) is 3.19. The SMILES string of the molecule is CNc1nccc(Nc2cccc(O)c2)n1. The van der Waals surface area contributed by atoms with Crippen LogP contribution >= 0.6 is 0 Å². The lowest BCUT2D eigenvalue weighted by Gasteiger charge is -2.06. The number of nitrogens with one attached hydrogen (secondary N) is 2. The van der Waals surface area contributed by atoms with Crippen LogP contribution in [0.3, 0.4) is 0 Å². The molecule has 1 aromatic heterocycles. The molecule has 82 valence electrons. The van der Waals surface area contributed by atoms with E-state index in [1.807, 2.05) is 6.07 Å². The molecule has 16 heavy (non-hydrogen) atoms. The highest BCUT2D eigenvalue weighted by Crippen LogP contribution is 2.19. The van der Waals surface area contributed by atoms with E-state index in [4.69, 9.17) is 0 Å². The Hall–Kier alpha value is -2.30. The van der Waals surface area contributed by atoms with Crippen LogP contribution < -0.4 is 10.6 Å². The van der Waals surface area contributed by atoms with E-state index < -0.39 is 0 Å². The zero-order valence-electron chi connectivity index (χ0n) is 8.81. The minimum atomic E-state index is 0.216. The third-order valence-corrected chi connectivity index (χ3v) is 2.00. The Bertz CT molecular complexity index is 487. The monoisotopic (exact) mass is 216 g/mol. The molecule has 0 saturated carbocycles. The Morgan fingerprint density at radius 2 is 2.12 bits per heavy atom. The molecule has 5 nitrogen and oxygen atoms in total. The molecule has 0 aliphatic rings. The van der Waals surface area contributed by atoms with Gasteiger partial charge in [0, 0.05) is 25.0 Å². The van der Waals surface area contributed by atoms with E-state index in [0.29, 0.717) is 11.8 Å². The Labute approximate surface area is 93.2 Å². The molecule has 0 radical (unpaired) electrons. The molecule has 3 N–H and O–H groups in total. The highest BCUT2D eigenvalue weighted by Gasteiger charge is 1.98. The first kappa shape index (κ1) is 10.2. The van der Waals surface area contributed by atoms with Crippen LogP contribution in [0.15, 0.2) is 36.5 Å². The van der Waals surface area contributed by atoms with Crippen LogP contribution in [0.4, 0.5) is 17.5 Å². The first-order valence-corrected chi connectivity index (χ1v) is 4.85. The Morgan fingerprint density at radius 3 is 2.88 bits per heavy atom. The maximum Gasteiger partial charge on any atom is 0.224 e. The average Bonchev–Trinajstić information content (AvgIpc) is 2.29. The van der Waals surface area contributed by atoms with Gasteiger partial charge in [-0.3, -0.25) is 0 Å². The largest absolute Gasteiger partial charge is 0.508 e. The summed E-state index contributed by atoms with van der Waals surface area (Å²) in [6, 6.07) is 8.61. The maximum atomic E-state index is 9.31. The second-order valence-electron chi connectivity index (χ2n) is 3.19. The summed E-state index contributed by atoms with van der Waals surface area (Å²) >= 11 is 0. The number of hydrogen-bond acceptors (Lipinski definition) is 5. The number of aromatic nitrogens is 2. The normalized spacial score (nSPS) is 9.81. The zero-order valence-corrected chi connectivity index (χ0v) is 8.81. The lowest BCUT2D eigenvalue weighted by atomic mass is 10.3. The third kappa shape index (κ3) is 2.38. The van der Waals surface area contributed by atoms with Crippen molar-refractivity contribution in [1.82, 2.24) is 9.97 Å². The van der Waals surface area contributed by atoms with Crippen molar-refractivity contribution in [3.05, 3.63) is 36.5 Å². The molecule has 0 bridgehead atoms. The number of phenolic OH excluding ortho intramolecular Hbond substituents is 1. The molecule has 0 aliphatic carbocycles. The lowest BCUT2D eigenvalue weighted by Crippen LogP contribution is -1.99. The standard InChI is InChI=1S/C11H12N4O/c1-12-11-13-6-5-10(15-11)14-8-3-2-4-9(16)7-8/h2-7,16H,1H3,(H2,12,13,14,15). The van der Waals surface area contributed by atoms with Gasteiger partial charge in [0.15, 0.2) is 0 Å². The van der Waals surface area contributed by atoms with Gasteiger partial charge in [-0.1, -0.05) is 6.07 Å². The van der Waals surface area contributed by atoms with E-state index in [2.05, 4.69) is 20.6 Å². The molecule has 1 aromatic carbocycles. The summed E-state index contributed by atoms with van der Waals surface area (Å²) in [5, 5.41) is 15.2. The lowest BCUT2D eigenvalue weighted by molar-refractivity contribution is 0.475. The summed E-state index contributed by atoms with van der Waals surface area (Å²) in [5.74, 6) is 1.43. The topological polar surface area (TPSA) is 70.1 Å². The fourth-order valence-corrected chi connectivity index (χ4v) is 1.28. The predicted molar refractivity (Wildman–Crippen MR) is 63.0 cm³/mol. The molecule has 0 saturated heterocycles. The Kier molecular flexibility index (Phi) is 2.86. The molecule has 1 heterocycles. The maximum absolute atomic E-state index is 9.31. The smallest absolute Gasteiger partial charge is 0.224 e. The highest BCUT2D eigenvalue weighted by atomic mass is 16.3. The number of phenols is 1. The number of benzene rings is 1. The van der Waals surface area contributed by atoms with Gasteiger partial charge < -0.3 is 15.7 Å². The summed E-state index contributed by atoms with van der Waals surface area (Å²) < 4.78 is 0. The molecule has 2 rings (SSSR count). The Morgan fingerprint density at radius 1 is 1.25 bits per heavy atom. The van der Waals surface area contributed by atoms with Crippen molar-refractivity contribution in [3.8, 4) is 5.75 Å². The van der Waals surface area contributed by atoms with Gasteiger partial charge in [0.1, 0.15) is 11.6 Å². The van der Waals surface area contributed by atoms with E-state index in [0.717, 1.165) is 5.69 Å². The van der Waals surface area contributed by atoms with Gasteiger partial charge in [0.05, 0.1) is 0 Å². The van der Waals surface area contributed by atoms with Crippen LogP contribution in [0.1, 0.15) is 0 Å². The quantitative estimate of drug-likeness (QED) is 0.731. The summed E-state index contributed by atoms with van der Waals surface area (Å²) in [4.78, 5) is 8.21. The van der Waals surface area contributed by atoms with E-state index in [-0.39, 0.29) is 5.75 Å². The molecule has 5 heteroatoms. The predicted octanol–water partition coefficient (Wildman–Crippen LogP) is 1.97. The van der Waals surface area contributed by atoms with Crippen molar-refractivity contribution in [2.45, 2.75) is 0 Å². The van der Waals surface area contributed by atoms with Gasteiger partial charge in [-0.05, 0) is 18.2 Å². The van der Waals surface area contributed by atoms with Crippen LogP contribution in [0, 0.1) is 0 Å². The number of nitrogens with zero attached hydrogens (tertiary/aromatic N) is 2. The van der Waals surface area contributed by atoms with Crippen molar-refractivity contribution in [2.75, 3.05) is 17.7 Å². The molecule has 2 aromatic rings. The van der Waals surface area contributed by atoms with E-state index in [1.165, 1.54) is 0 Å². The Balaban J connectivity index is 2.20. The van der Waals surface area contributed by atoms with E-state index >= 15 is 0 Å². The zero-order chi connectivity index (χ0) is 11.4. The molecule has 0 spiro atoms. The molecular formula is C11H12N4O. The first-order valence-electron chi connectivity index (χ1n) is 4.85. The van der Waals surface area contributed by atoms with Crippen LogP contribution in [-0.4, -0.2) is 22.1 Å². The van der Waals surface area contributed by atoms with Gasteiger partial charge in [-0.15, -0.1) is 0 Å².